The number of alkyl halides is 3. The van der Waals surface area contributed by atoms with Crippen molar-refractivity contribution in [2.24, 2.45) is 0 Å². The summed E-state index contributed by atoms with van der Waals surface area (Å²) in [6, 6.07) is 23.2. The minimum atomic E-state index is -4.49. The molecule has 3 aromatic carbocycles. The van der Waals surface area contributed by atoms with Gasteiger partial charge in [0, 0.05) is 16.8 Å². The van der Waals surface area contributed by atoms with E-state index in [-0.39, 0.29) is 5.69 Å². The van der Waals surface area contributed by atoms with Gasteiger partial charge in [0.15, 0.2) is 0 Å². The molecule has 0 spiro atoms. The maximum absolute atomic E-state index is 13.0. The number of benzene rings is 3. The van der Waals surface area contributed by atoms with Crippen LogP contribution < -0.4 is 5.32 Å². The lowest BCUT2D eigenvalue weighted by atomic mass is 10.1. The van der Waals surface area contributed by atoms with Gasteiger partial charge in [-0.1, -0.05) is 66.7 Å². The van der Waals surface area contributed by atoms with Gasteiger partial charge in [-0.25, -0.2) is 4.98 Å². The molecule has 0 radical (unpaired) electrons. The number of nitrogens with one attached hydrogen (secondary N) is 1. The van der Waals surface area contributed by atoms with Crippen LogP contribution in [0.4, 0.5) is 18.9 Å². The van der Waals surface area contributed by atoms with Gasteiger partial charge in [0.25, 0.3) is 5.91 Å². The molecule has 0 aliphatic carbocycles. The van der Waals surface area contributed by atoms with E-state index in [0.29, 0.717) is 15.6 Å². The molecule has 1 N–H and O–H groups in total. The van der Waals surface area contributed by atoms with Crippen LogP contribution in [0.3, 0.4) is 0 Å². The average molecular weight is 424 g/mol. The highest BCUT2D eigenvalue weighted by molar-refractivity contribution is 7.17. The lowest BCUT2D eigenvalue weighted by Gasteiger charge is -2.10. The van der Waals surface area contributed by atoms with Crippen molar-refractivity contribution in [1.82, 2.24) is 4.98 Å². The fraction of sp³-hybridized carbons (Fsp3) is 0.0435. The third-order valence-corrected chi connectivity index (χ3v) is 5.45. The normalized spacial score (nSPS) is 11.3. The summed E-state index contributed by atoms with van der Waals surface area (Å²) in [5, 5.41) is 3.23. The predicted octanol–water partition coefficient (Wildman–Crippen LogP) is 6.75. The van der Waals surface area contributed by atoms with E-state index in [1.54, 1.807) is 0 Å². The second-order valence-corrected chi connectivity index (χ2v) is 7.46. The van der Waals surface area contributed by atoms with E-state index in [1.807, 2.05) is 60.7 Å². The van der Waals surface area contributed by atoms with E-state index in [1.165, 1.54) is 23.5 Å². The first kappa shape index (κ1) is 19.8. The number of hydrogen-bond acceptors (Lipinski definition) is 3. The molecule has 0 saturated heterocycles. The summed E-state index contributed by atoms with van der Waals surface area (Å²) in [7, 11) is 0. The SMILES string of the molecule is O=C(Nc1cccc(C(F)(F)F)c1)c1sc(-c2ccccc2)nc1-c1ccccc1. The Hall–Kier alpha value is -3.45. The van der Waals surface area contributed by atoms with Crippen molar-refractivity contribution in [1.29, 1.82) is 0 Å². The Morgan fingerprint density at radius 2 is 1.47 bits per heavy atom. The monoisotopic (exact) mass is 424 g/mol. The smallest absolute Gasteiger partial charge is 0.321 e. The topological polar surface area (TPSA) is 42.0 Å². The second-order valence-electron chi connectivity index (χ2n) is 6.46. The lowest BCUT2D eigenvalue weighted by molar-refractivity contribution is -0.137. The molecule has 0 atom stereocenters. The summed E-state index contributed by atoms with van der Waals surface area (Å²) < 4.78 is 39.0. The van der Waals surface area contributed by atoms with Crippen molar-refractivity contribution in [2.45, 2.75) is 6.18 Å². The summed E-state index contributed by atoms with van der Waals surface area (Å²) in [5.74, 6) is -0.507. The molecular formula is C23H15F3N2OS. The fourth-order valence-corrected chi connectivity index (χ4v) is 3.92. The van der Waals surface area contributed by atoms with Crippen LogP contribution in [-0.4, -0.2) is 10.9 Å². The van der Waals surface area contributed by atoms with E-state index < -0.39 is 17.6 Å². The van der Waals surface area contributed by atoms with Crippen LogP contribution in [-0.2, 0) is 6.18 Å². The molecule has 30 heavy (non-hydrogen) atoms. The fourth-order valence-electron chi connectivity index (χ4n) is 2.93. The van der Waals surface area contributed by atoms with Gasteiger partial charge in [-0.2, -0.15) is 13.2 Å². The first-order valence-electron chi connectivity index (χ1n) is 9.02. The number of nitrogens with zero attached hydrogens (tertiary/aromatic N) is 1. The molecule has 4 rings (SSSR count). The van der Waals surface area contributed by atoms with Crippen LogP contribution in [0, 0.1) is 0 Å². The number of halogens is 3. The highest BCUT2D eigenvalue weighted by Crippen LogP contribution is 2.35. The van der Waals surface area contributed by atoms with E-state index >= 15 is 0 Å². The Balaban J connectivity index is 1.72. The summed E-state index contributed by atoms with van der Waals surface area (Å²) >= 11 is 1.20. The second kappa shape index (κ2) is 8.12. The highest BCUT2D eigenvalue weighted by atomic mass is 32.1. The van der Waals surface area contributed by atoms with Crippen molar-refractivity contribution < 1.29 is 18.0 Å². The number of carbonyl (C=O) groups excluding carboxylic acids is 1. The van der Waals surface area contributed by atoms with Crippen molar-refractivity contribution >= 4 is 22.9 Å². The summed E-state index contributed by atoms with van der Waals surface area (Å²) in [6.07, 6.45) is -4.49. The Kier molecular flexibility index (Phi) is 5.37. The van der Waals surface area contributed by atoms with Crippen LogP contribution in [0.25, 0.3) is 21.8 Å². The van der Waals surface area contributed by atoms with E-state index in [4.69, 9.17) is 0 Å². The largest absolute Gasteiger partial charge is 0.416 e. The molecule has 4 aromatic rings. The molecular weight excluding hydrogens is 409 g/mol. The van der Waals surface area contributed by atoms with Crippen LogP contribution in [0.5, 0.6) is 0 Å². The molecule has 0 aliphatic heterocycles. The molecule has 7 heteroatoms. The highest BCUT2D eigenvalue weighted by Gasteiger charge is 2.30. The number of rotatable bonds is 4. The minimum absolute atomic E-state index is 0.0727. The quantitative estimate of drug-likeness (QED) is 0.394. The number of amides is 1. The standard InChI is InChI=1S/C23H15F3N2OS/c24-23(25,26)17-12-7-13-18(14-17)27-21(29)20-19(15-8-3-1-4-9-15)28-22(30-20)16-10-5-2-6-11-16/h1-14H,(H,27,29). The van der Waals surface area contributed by atoms with Gasteiger partial charge in [-0.3, -0.25) is 4.79 Å². The van der Waals surface area contributed by atoms with Crippen LogP contribution >= 0.6 is 11.3 Å². The zero-order valence-electron chi connectivity index (χ0n) is 15.5. The maximum Gasteiger partial charge on any atom is 0.416 e. The Bertz CT molecular complexity index is 1170. The molecule has 0 fully saturated rings. The van der Waals surface area contributed by atoms with E-state index in [2.05, 4.69) is 10.3 Å². The molecule has 1 heterocycles. The molecule has 0 saturated carbocycles. The third kappa shape index (κ3) is 4.26. The minimum Gasteiger partial charge on any atom is -0.321 e. The molecule has 0 unspecified atom stereocenters. The molecule has 1 aromatic heterocycles. The van der Waals surface area contributed by atoms with Gasteiger partial charge in [0.1, 0.15) is 9.88 Å². The number of aromatic nitrogens is 1. The first-order valence-corrected chi connectivity index (χ1v) is 9.84. The molecule has 0 bridgehead atoms. The van der Waals surface area contributed by atoms with Crippen molar-refractivity contribution in [3.05, 3.63) is 95.4 Å². The van der Waals surface area contributed by atoms with Crippen molar-refractivity contribution in [3.63, 3.8) is 0 Å². The van der Waals surface area contributed by atoms with Gasteiger partial charge < -0.3 is 5.32 Å². The zero-order valence-corrected chi connectivity index (χ0v) is 16.3. The predicted molar refractivity (Wildman–Crippen MR) is 112 cm³/mol. The number of anilines is 1. The van der Waals surface area contributed by atoms with Crippen LogP contribution in [0.1, 0.15) is 15.2 Å². The van der Waals surface area contributed by atoms with Crippen molar-refractivity contribution in [3.8, 4) is 21.8 Å². The van der Waals surface area contributed by atoms with Gasteiger partial charge in [-0.05, 0) is 18.2 Å². The first-order chi connectivity index (χ1) is 14.4. The molecule has 0 aliphatic rings. The van der Waals surface area contributed by atoms with Gasteiger partial charge >= 0.3 is 6.18 Å². The van der Waals surface area contributed by atoms with Gasteiger partial charge in [-0.15, -0.1) is 11.3 Å². The van der Waals surface area contributed by atoms with Crippen LogP contribution in [0.15, 0.2) is 84.9 Å². The van der Waals surface area contributed by atoms with Crippen LogP contribution in [0.2, 0.25) is 0 Å². The third-order valence-electron chi connectivity index (χ3n) is 4.35. The van der Waals surface area contributed by atoms with E-state index in [9.17, 15) is 18.0 Å². The average Bonchev–Trinajstić information content (AvgIpc) is 3.20. The maximum atomic E-state index is 13.0. The molecule has 1 amide bonds. The zero-order chi connectivity index (χ0) is 21.1. The Morgan fingerprint density at radius 1 is 0.833 bits per heavy atom. The van der Waals surface area contributed by atoms with E-state index in [0.717, 1.165) is 23.3 Å². The van der Waals surface area contributed by atoms with Crippen molar-refractivity contribution in [2.75, 3.05) is 5.32 Å². The molecule has 150 valence electrons. The lowest BCUT2D eigenvalue weighted by Crippen LogP contribution is -2.13. The summed E-state index contributed by atoms with van der Waals surface area (Å²) in [6.45, 7) is 0. The number of hydrogen-bond donors (Lipinski definition) is 1. The van der Waals surface area contributed by atoms with Gasteiger partial charge in [0.05, 0.1) is 11.3 Å². The number of carbonyl (C=O) groups is 1. The molecule has 3 nitrogen and oxygen atoms in total. The summed E-state index contributed by atoms with van der Waals surface area (Å²) in [4.78, 5) is 18.0. The Morgan fingerprint density at radius 3 is 2.10 bits per heavy atom. The summed E-state index contributed by atoms with van der Waals surface area (Å²) in [5.41, 5.74) is 1.35. The Labute approximate surface area is 174 Å². The van der Waals surface area contributed by atoms with Gasteiger partial charge in [0.2, 0.25) is 0 Å². The number of thiazole rings is 1.